The number of hydrogen-bond acceptors (Lipinski definition) is 1. The van der Waals surface area contributed by atoms with Gasteiger partial charge in [0.1, 0.15) is 0 Å². The molecular formula is C29H24O. The lowest BCUT2D eigenvalue weighted by Crippen LogP contribution is -2.29. The van der Waals surface area contributed by atoms with Gasteiger partial charge in [-0.25, -0.2) is 0 Å². The third-order valence-electron chi connectivity index (χ3n) is 6.43. The fraction of sp³-hybridized carbons (Fsp3) is 0.138. The zero-order valence-electron chi connectivity index (χ0n) is 17.3. The van der Waals surface area contributed by atoms with Crippen molar-refractivity contribution in [1.29, 1.82) is 0 Å². The normalized spacial score (nSPS) is 14.6. The Morgan fingerprint density at radius 2 is 1.07 bits per heavy atom. The molecule has 1 nitrogen and oxygen atoms in total. The Kier molecular flexibility index (Phi) is 4.40. The summed E-state index contributed by atoms with van der Waals surface area (Å²) >= 11 is 0. The molecule has 0 N–H and O–H groups in total. The van der Waals surface area contributed by atoms with Gasteiger partial charge in [-0.3, -0.25) is 4.79 Å². The molecule has 0 amide bonds. The van der Waals surface area contributed by atoms with E-state index in [1.807, 2.05) is 42.5 Å². The van der Waals surface area contributed by atoms with Gasteiger partial charge in [0.05, 0.1) is 0 Å². The van der Waals surface area contributed by atoms with Crippen LogP contribution in [0.3, 0.4) is 0 Å². The van der Waals surface area contributed by atoms with E-state index in [-0.39, 0.29) is 17.1 Å². The van der Waals surface area contributed by atoms with E-state index in [2.05, 4.69) is 74.5 Å². The summed E-state index contributed by atoms with van der Waals surface area (Å²) in [7, 11) is 0. The van der Waals surface area contributed by atoms with Crippen molar-refractivity contribution >= 4 is 5.78 Å². The average Bonchev–Trinajstić information content (AvgIpc) is 2.80. The minimum Gasteiger partial charge on any atom is -0.289 e. The van der Waals surface area contributed by atoms with Gasteiger partial charge in [0, 0.05) is 22.5 Å². The zero-order valence-corrected chi connectivity index (χ0v) is 17.3. The number of carbonyl (C=O) groups is 1. The molecule has 146 valence electrons. The summed E-state index contributed by atoms with van der Waals surface area (Å²) in [6.45, 7) is 4.62. The Labute approximate surface area is 178 Å². The summed E-state index contributed by atoms with van der Waals surface area (Å²) in [6, 6.07) is 35.2. The van der Waals surface area contributed by atoms with Crippen LogP contribution in [-0.2, 0) is 5.41 Å². The Balaban J connectivity index is 1.61. The van der Waals surface area contributed by atoms with Crippen molar-refractivity contribution in [3.8, 4) is 0 Å². The topological polar surface area (TPSA) is 17.1 Å². The van der Waals surface area contributed by atoms with Crippen molar-refractivity contribution in [2.45, 2.75) is 25.2 Å². The molecule has 0 aromatic heterocycles. The molecule has 5 rings (SSSR count). The van der Waals surface area contributed by atoms with Crippen LogP contribution >= 0.6 is 0 Å². The molecule has 4 aromatic carbocycles. The highest BCUT2D eigenvalue weighted by Crippen LogP contribution is 2.48. The second kappa shape index (κ2) is 7.11. The van der Waals surface area contributed by atoms with Crippen LogP contribution in [0.15, 0.2) is 103 Å². The second-order valence-electron chi connectivity index (χ2n) is 8.55. The molecule has 1 heteroatoms. The minimum atomic E-state index is -0.0348. The number of rotatable bonds is 3. The van der Waals surface area contributed by atoms with Gasteiger partial charge < -0.3 is 0 Å². The van der Waals surface area contributed by atoms with Gasteiger partial charge in [0.2, 0.25) is 0 Å². The molecular weight excluding hydrogens is 364 g/mol. The summed E-state index contributed by atoms with van der Waals surface area (Å²) in [5.41, 5.74) is 8.08. The van der Waals surface area contributed by atoms with Crippen LogP contribution in [0, 0.1) is 0 Å². The van der Waals surface area contributed by atoms with Crippen LogP contribution in [0.4, 0.5) is 0 Å². The Hall–Kier alpha value is -3.45. The molecule has 0 bridgehead atoms. The number of benzene rings is 4. The van der Waals surface area contributed by atoms with E-state index in [4.69, 9.17) is 0 Å². The maximum Gasteiger partial charge on any atom is 0.193 e. The van der Waals surface area contributed by atoms with Crippen molar-refractivity contribution in [2.24, 2.45) is 0 Å². The van der Waals surface area contributed by atoms with Gasteiger partial charge in [-0.15, -0.1) is 0 Å². The smallest absolute Gasteiger partial charge is 0.193 e. The molecule has 0 saturated carbocycles. The van der Waals surface area contributed by atoms with E-state index in [1.54, 1.807) is 0 Å². The minimum absolute atomic E-state index is 0.0348. The highest BCUT2D eigenvalue weighted by molar-refractivity contribution is 6.08. The highest BCUT2D eigenvalue weighted by Gasteiger charge is 2.37. The lowest BCUT2D eigenvalue weighted by molar-refractivity contribution is 0.103. The molecule has 0 heterocycles. The molecule has 0 aliphatic heterocycles. The maximum atomic E-state index is 12.8. The molecule has 1 aliphatic rings. The summed E-state index contributed by atoms with van der Waals surface area (Å²) in [6.07, 6.45) is 0. The maximum absolute atomic E-state index is 12.8. The first kappa shape index (κ1) is 18.6. The Morgan fingerprint density at radius 3 is 1.63 bits per heavy atom. The van der Waals surface area contributed by atoms with Crippen molar-refractivity contribution in [3.63, 3.8) is 0 Å². The predicted octanol–water partition coefficient (Wildman–Crippen LogP) is 6.74. The predicted molar refractivity (Wildman–Crippen MR) is 122 cm³/mol. The lowest BCUT2D eigenvalue weighted by atomic mass is 9.64. The fourth-order valence-electron chi connectivity index (χ4n) is 4.89. The van der Waals surface area contributed by atoms with E-state index < -0.39 is 0 Å². The standard InChI is InChI=1S/C29H24O/c1-29(2)25-14-8-6-12-23(25)27(24-13-7-9-15-26(24)29)20-16-18-22(19-17-20)28(30)21-10-4-3-5-11-21/h3-19,27H,1-2H3. The number of hydrogen-bond donors (Lipinski definition) is 0. The average molecular weight is 389 g/mol. The third kappa shape index (κ3) is 2.90. The van der Waals surface area contributed by atoms with Crippen molar-refractivity contribution in [3.05, 3.63) is 142 Å². The highest BCUT2D eigenvalue weighted by atomic mass is 16.1. The van der Waals surface area contributed by atoms with Crippen LogP contribution in [0.25, 0.3) is 0 Å². The summed E-state index contributed by atoms with van der Waals surface area (Å²) in [5.74, 6) is 0.235. The van der Waals surface area contributed by atoms with E-state index in [1.165, 1.54) is 27.8 Å². The first-order valence-corrected chi connectivity index (χ1v) is 10.5. The van der Waals surface area contributed by atoms with E-state index in [0.717, 1.165) is 11.1 Å². The zero-order chi connectivity index (χ0) is 20.7. The van der Waals surface area contributed by atoms with Gasteiger partial charge in [-0.2, -0.15) is 0 Å². The molecule has 0 saturated heterocycles. The molecule has 30 heavy (non-hydrogen) atoms. The van der Waals surface area contributed by atoms with Crippen molar-refractivity contribution in [2.75, 3.05) is 0 Å². The van der Waals surface area contributed by atoms with E-state index >= 15 is 0 Å². The Morgan fingerprint density at radius 1 is 0.600 bits per heavy atom. The number of carbonyl (C=O) groups excluding carboxylic acids is 1. The van der Waals surface area contributed by atoms with Crippen LogP contribution in [0.5, 0.6) is 0 Å². The van der Waals surface area contributed by atoms with Gasteiger partial charge in [-0.1, -0.05) is 117 Å². The van der Waals surface area contributed by atoms with Crippen LogP contribution in [0.1, 0.15) is 63.5 Å². The van der Waals surface area contributed by atoms with Crippen LogP contribution in [-0.4, -0.2) is 5.78 Å². The molecule has 0 atom stereocenters. The number of ketones is 1. The van der Waals surface area contributed by atoms with Crippen LogP contribution < -0.4 is 0 Å². The van der Waals surface area contributed by atoms with Crippen molar-refractivity contribution < 1.29 is 4.79 Å². The van der Waals surface area contributed by atoms with Crippen LogP contribution in [0.2, 0.25) is 0 Å². The Bertz CT molecular complexity index is 1170. The fourth-order valence-corrected chi connectivity index (χ4v) is 4.89. The largest absolute Gasteiger partial charge is 0.289 e. The molecule has 0 unspecified atom stereocenters. The number of fused-ring (bicyclic) bond motifs is 2. The summed E-state index contributed by atoms with van der Waals surface area (Å²) < 4.78 is 0. The monoisotopic (exact) mass is 388 g/mol. The quantitative estimate of drug-likeness (QED) is 0.355. The summed E-state index contributed by atoms with van der Waals surface area (Å²) in [5, 5.41) is 0. The molecule has 0 spiro atoms. The first-order chi connectivity index (χ1) is 14.6. The second-order valence-corrected chi connectivity index (χ2v) is 8.55. The molecule has 4 aromatic rings. The van der Waals surface area contributed by atoms with Gasteiger partial charge in [-0.05, 0) is 27.8 Å². The van der Waals surface area contributed by atoms with Gasteiger partial charge in [0.25, 0.3) is 0 Å². The molecule has 0 radical (unpaired) electrons. The lowest BCUT2D eigenvalue weighted by Gasteiger charge is -2.39. The summed E-state index contributed by atoms with van der Waals surface area (Å²) in [4.78, 5) is 12.8. The molecule has 0 fully saturated rings. The SMILES string of the molecule is CC1(C)c2ccccc2C(c2ccc(C(=O)c3ccccc3)cc2)c2ccccc21. The van der Waals surface area contributed by atoms with Crippen molar-refractivity contribution in [1.82, 2.24) is 0 Å². The third-order valence-corrected chi connectivity index (χ3v) is 6.43. The first-order valence-electron chi connectivity index (χ1n) is 10.5. The molecule has 1 aliphatic carbocycles. The van der Waals surface area contributed by atoms with E-state index in [0.29, 0.717) is 0 Å². The van der Waals surface area contributed by atoms with Gasteiger partial charge >= 0.3 is 0 Å². The van der Waals surface area contributed by atoms with E-state index in [9.17, 15) is 4.79 Å². The van der Waals surface area contributed by atoms with Gasteiger partial charge in [0.15, 0.2) is 5.78 Å².